The van der Waals surface area contributed by atoms with E-state index in [1.807, 2.05) is 23.1 Å². The molecule has 2 heterocycles. The van der Waals surface area contributed by atoms with Crippen molar-refractivity contribution in [3.63, 3.8) is 0 Å². The van der Waals surface area contributed by atoms with Crippen molar-refractivity contribution < 1.29 is 4.79 Å². The molecule has 2 aromatic rings. The van der Waals surface area contributed by atoms with Crippen LogP contribution in [0, 0.1) is 0 Å². The Bertz CT molecular complexity index is 764. The number of unbranched alkanes of at least 4 members (excludes halogenated alkanes) is 2. The van der Waals surface area contributed by atoms with Gasteiger partial charge in [0.15, 0.2) is 0 Å². The third-order valence-corrected chi connectivity index (χ3v) is 5.79. The molecular formula is C23H31Cl2N3O. The molecule has 1 amide bonds. The smallest absolute Gasteiger partial charge is 0.254 e. The fraction of sp³-hybridized carbons (Fsp3) is 0.435. The Hall–Kier alpha value is -1.75. The van der Waals surface area contributed by atoms with E-state index in [-0.39, 0.29) is 30.7 Å². The predicted octanol–water partition coefficient (Wildman–Crippen LogP) is 4.48. The van der Waals surface area contributed by atoms with Crippen molar-refractivity contribution in [2.45, 2.75) is 25.8 Å². The van der Waals surface area contributed by atoms with E-state index in [4.69, 9.17) is 0 Å². The standard InChI is InChI=1S/C23H29N3O.2ClH/c27-23-22-12-6-5-9-20(22)19-26(23)14-8-2-7-13-24-15-17-25(18-16-24)21-10-3-1-4-11-21;;/h1,3-6,9-12H,2,7-8,13-19H2;2*1H. The van der Waals surface area contributed by atoms with Crippen LogP contribution in [0.4, 0.5) is 5.69 Å². The fourth-order valence-electron chi connectivity index (χ4n) is 4.18. The van der Waals surface area contributed by atoms with Crippen molar-refractivity contribution in [1.29, 1.82) is 0 Å². The third-order valence-electron chi connectivity index (χ3n) is 5.79. The molecule has 4 nitrogen and oxygen atoms in total. The maximum Gasteiger partial charge on any atom is 0.254 e. The van der Waals surface area contributed by atoms with E-state index >= 15 is 0 Å². The molecule has 0 spiro atoms. The molecule has 0 unspecified atom stereocenters. The Morgan fingerprint density at radius 2 is 1.38 bits per heavy atom. The number of fused-ring (bicyclic) bond motifs is 1. The second-order valence-electron chi connectivity index (χ2n) is 7.61. The molecule has 4 rings (SSSR count). The van der Waals surface area contributed by atoms with E-state index in [0.717, 1.165) is 51.3 Å². The van der Waals surface area contributed by atoms with Crippen LogP contribution in [-0.4, -0.2) is 55.0 Å². The zero-order chi connectivity index (χ0) is 18.5. The van der Waals surface area contributed by atoms with E-state index in [1.165, 1.54) is 30.6 Å². The zero-order valence-corrected chi connectivity index (χ0v) is 18.5. The quantitative estimate of drug-likeness (QED) is 0.599. The number of hydrogen-bond acceptors (Lipinski definition) is 3. The number of nitrogens with zero attached hydrogens (tertiary/aromatic N) is 3. The molecule has 29 heavy (non-hydrogen) atoms. The van der Waals surface area contributed by atoms with Gasteiger partial charge in [0, 0.05) is 50.5 Å². The van der Waals surface area contributed by atoms with Gasteiger partial charge in [-0.1, -0.05) is 42.8 Å². The van der Waals surface area contributed by atoms with Crippen LogP contribution in [0.1, 0.15) is 35.2 Å². The molecule has 1 saturated heterocycles. The highest BCUT2D eigenvalue weighted by molar-refractivity contribution is 5.98. The van der Waals surface area contributed by atoms with E-state index in [2.05, 4.69) is 46.2 Å². The summed E-state index contributed by atoms with van der Waals surface area (Å²) in [6, 6.07) is 18.7. The number of carbonyl (C=O) groups is 1. The first-order valence-electron chi connectivity index (χ1n) is 10.2. The summed E-state index contributed by atoms with van der Waals surface area (Å²) in [5.41, 5.74) is 3.42. The van der Waals surface area contributed by atoms with Gasteiger partial charge >= 0.3 is 0 Å². The average Bonchev–Trinajstić information content (AvgIpc) is 3.05. The summed E-state index contributed by atoms with van der Waals surface area (Å²) in [5.74, 6) is 0.211. The number of halogens is 2. The third kappa shape index (κ3) is 5.88. The minimum absolute atomic E-state index is 0. The zero-order valence-electron chi connectivity index (χ0n) is 16.8. The van der Waals surface area contributed by atoms with Gasteiger partial charge in [0.1, 0.15) is 0 Å². The Kier molecular flexibility index (Phi) is 9.28. The van der Waals surface area contributed by atoms with Crippen molar-refractivity contribution in [1.82, 2.24) is 9.80 Å². The van der Waals surface area contributed by atoms with Gasteiger partial charge in [0.2, 0.25) is 0 Å². The van der Waals surface area contributed by atoms with Crippen LogP contribution < -0.4 is 4.90 Å². The SMILES string of the molecule is Cl.Cl.O=C1c2ccccc2CN1CCCCCN1CCN(c2ccccc2)CC1. The van der Waals surface area contributed by atoms with Gasteiger partial charge in [-0.2, -0.15) is 0 Å². The highest BCUT2D eigenvalue weighted by atomic mass is 35.5. The minimum atomic E-state index is 0. The van der Waals surface area contributed by atoms with Crippen LogP contribution >= 0.6 is 24.8 Å². The number of benzene rings is 2. The summed E-state index contributed by atoms with van der Waals surface area (Å²) >= 11 is 0. The number of carbonyl (C=O) groups excluding carboxylic acids is 1. The summed E-state index contributed by atoms with van der Waals surface area (Å²) in [6.07, 6.45) is 3.52. The van der Waals surface area contributed by atoms with Crippen LogP contribution in [-0.2, 0) is 6.54 Å². The van der Waals surface area contributed by atoms with Gasteiger partial charge in [0.05, 0.1) is 0 Å². The summed E-state index contributed by atoms with van der Waals surface area (Å²) in [4.78, 5) is 19.4. The minimum Gasteiger partial charge on any atom is -0.369 e. The molecular weight excluding hydrogens is 405 g/mol. The van der Waals surface area contributed by atoms with E-state index in [9.17, 15) is 4.79 Å². The van der Waals surface area contributed by atoms with E-state index in [1.54, 1.807) is 0 Å². The highest BCUT2D eigenvalue weighted by Crippen LogP contribution is 2.22. The number of para-hydroxylation sites is 1. The van der Waals surface area contributed by atoms with Crippen LogP contribution in [0.15, 0.2) is 54.6 Å². The van der Waals surface area contributed by atoms with Crippen molar-refractivity contribution in [3.05, 3.63) is 65.7 Å². The lowest BCUT2D eigenvalue weighted by Gasteiger charge is -2.36. The van der Waals surface area contributed by atoms with Gasteiger partial charge in [-0.15, -0.1) is 24.8 Å². The van der Waals surface area contributed by atoms with Crippen molar-refractivity contribution in [3.8, 4) is 0 Å². The monoisotopic (exact) mass is 435 g/mol. The first-order valence-corrected chi connectivity index (χ1v) is 10.2. The lowest BCUT2D eigenvalue weighted by Crippen LogP contribution is -2.46. The Labute approximate surface area is 186 Å². The van der Waals surface area contributed by atoms with Crippen LogP contribution in [0.2, 0.25) is 0 Å². The number of rotatable bonds is 7. The maximum absolute atomic E-state index is 12.4. The lowest BCUT2D eigenvalue weighted by molar-refractivity contribution is 0.0775. The summed E-state index contributed by atoms with van der Waals surface area (Å²) < 4.78 is 0. The molecule has 2 aliphatic heterocycles. The van der Waals surface area contributed by atoms with Crippen molar-refractivity contribution >= 4 is 36.4 Å². The molecule has 0 saturated carbocycles. The second kappa shape index (κ2) is 11.4. The first kappa shape index (κ1) is 23.5. The molecule has 158 valence electrons. The van der Waals surface area contributed by atoms with Crippen LogP contribution in [0.5, 0.6) is 0 Å². The molecule has 0 radical (unpaired) electrons. The molecule has 6 heteroatoms. The summed E-state index contributed by atoms with van der Waals surface area (Å²) in [6.45, 7) is 7.38. The van der Waals surface area contributed by atoms with Crippen molar-refractivity contribution in [2.24, 2.45) is 0 Å². The molecule has 0 aromatic heterocycles. The van der Waals surface area contributed by atoms with Gasteiger partial charge in [-0.3, -0.25) is 9.69 Å². The largest absolute Gasteiger partial charge is 0.369 e. The Balaban J connectivity index is 0.00000150. The highest BCUT2D eigenvalue weighted by Gasteiger charge is 2.25. The van der Waals surface area contributed by atoms with E-state index in [0.29, 0.717) is 0 Å². The first-order chi connectivity index (χ1) is 13.3. The summed E-state index contributed by atoms with van der Waals surface area (Å²) in [5, 5.41) is 0. The molecule has 0 atom stereocenters. The number of anilines is 1. The molecule has 1 fully saturated rings. The molecule has 0 bridgehead atoms. The van der Waals surface area contributed by atoms with Gasteiger partial charge in [0.25, 0.3) is 5.91 Å². The number of piperazine rings is 1. The Morgan fingerprint density at radius 1 is 0.724 bits per heavy atom. The maximum atomic E-state index is 12.4. The fourth-order valence-corrected chi connectivity index (χ4v) is 4.18. The van der Waals surface area contributed by atoms with Crippen LogP contribution in [0.25, 0.3) is 0 Å². The van der Waals surface area contributed by atoms with Crippen molar-refractivity contribution in [2.75, 3.05) is 44.2 Å². The number of amides is 1. The average molecular weight is 436 g/mol. The topological polar surface area (TPSA) is 26.8 Å². The molecule has 0 aliphatic carbocycles. The van der Waals surface area contributed by atoms with Crippen LogP contribution in [0.3, 0.4) is 0 Å². The lowest BCUT2D eigenvalue weighted by atomic mass is 10.1. The van der Waals surface area contributed by atoms with E-state index < -0.39 is 0 Å². The van der Waals surface area contributed by atoms with Gasteiger partial charge in [-0.25, -0.2) is 0 Å². The van der Waals surface area contributed by atoms with Gasteiger partial charge in [-0.05, 0) is 43.1 Å². The predicted molar refractivity (Wildman–Crippen MR) is 125 cm³/mol. The second-order valence-corrected chi connectivity index (χ2v) is 7.61. The molecule has 2 aliphatic rings. The van der Waals surface area contributed by atoms with Gasteiger partial charge < -0.3 is 9.80 Å². The molecule has 2 aromatic carbocycles. The Morgan fingerprint density at radius 3 is 2.10 bits per heavy atom. The number of hydrogen-bond donors (Lipinski definition) is 0. The summed E-state index contributed by atoms with van der Waals surface area (Å²) in [7, 11) is 0. The molecule has 0 N–H and O–H groups in total. The normalized spacial score (nSPS) is 16.2.